The number of imidazole rings is 1. The zero-order valence-corrected chi connectivity index (χ0v) is 15.6. The molecule has 0 fully saturated rings. The van der Waals surface area contributed by atoms with E-state index in [1.165, 1.54) is 11.8 Å². The number of nitrogens with one attached hydrogen (secondary N) is 2. The number of hydrogen-bond acceptors (Lipinski definition) is 4. The lowest BCUT2D eigenvalue weighted by atomic mass is 10.2. The number of thioether (sulfide) groups is 1. The Morgan fingerprint density at radius 1 is 1.33 bits per heavy atom. The maximum atomic E-state index is 12.1. The van der Waals surface area contributed by atoms with Gasteiger partial charge >= 0.3 is 0 Å². The van der Waals surface area contributed by atoms with Gasteiger partial charge in [-0.2, -0.15) is 0 Å². The molecular formula is C17H16BrN3O2S. The van der Waals surface area contributed by atoms with Crippen LogP contribution in [0.3, 0.4) is 0 Å². The zero-order valence-electron chi connectivity index (χ0n) is 13.2. The number of aryl methyl sites for hydroxylation is 1. The predicted molar refractivity (Wildman–Crippen MR) is 101 cm³/mol. The quantitative estimate of drug-likeness (QED) is 0.618. The summed E-state index contributed by atoms with van der Waals surface area (Å²) in [6, 6.07) is 11.4. The van der Waals surface area contributed by atoms with Crippen molar-refractivity contribution in [2.24, 2.45) is 0 Å². The molecule has 0 atom stereocenters. The standard InChI is InChI=1S/C17H16BrN3O2S/c1-10-7-11(18)3-5-13(10)19-16(22)9-24-17-20-14-6-4-12(23-2)8-15(14)21-17/h3-8H,9H2,1-2H3,(H,19,22)(H,20,21). The SMILES string of the molecule is COc1ccc2nc(SCC(=O)Nc3ccc(Br)cc3C)[nH]c2c1. The third-order valence-electron chi connectivity index (χ3n) is 3.47. The van der Waals surface area contributed by atoms with Gasteiger partial charge in [0.1, 0.15) is 5.75 Å². The Balaban J connectivity index is 1.63. The molecule has 0 aliphatic rings. The third kappa shape index (κ3) is 3.91. The van der Waals surface area contributed by atoms with Crippen LogP contribution in [-0.2, 0) is 4.79 Å². The number of hydrogen-bond donors (Lipinski definition) is 2. The molecule has 2 aromatic carbocycles. The maximum absolute atomic E-state index is 12.1. The zero-order chi connectivity index (χ0) is 17.1. The molecule has 0 saturated heterocycles. The van der Waals surface area contributed by atoms with Gasteiger partial charge in [0.2, 0.25) is 5.91 Å². The molecule has 5 nitrogen and oxygen atoms in total. The van der Waals surface area contributed by atoms with Gasteiger partial charge in [-0.25, -0.2) is 4.98 Å². The number of carbonyl (C=O) groups excluding carboxylic acids is 1. The predicted octanol–water partition coefficient (Wildman–Crippen LogP) is 4.37. The van der Waals surface area contributed by atoms with Crippen LogP contribution >= 0.6 is 27.7 Å². The molecule has 3 rings (SSSR count). The summed E-state index contributed by atoms with van der Waals surface area (Å²) in [5.41, 5.74) is 3.57. The molecule has 124 valence electrons. The van der Waals surface area contributed by atoms with Crippen molar-refractivity contribution in [2.75, 3.05) is 18.2 Å². The van der Waals surface area contributed by atoms with Crippen LogP contribution in [0.1, 0.15) is 5.56 Å². The first-order chi connectivity index (χ1) is 11.5. The van der Waals surface area contributed by atoms with E-state index in [9.17, 15) is 4.79 Å². The fourth-order valence-corrected chi connectivity index (χ4v) is 3.41. The first kappa shape index (κ1) is 16.9. The summed E-state index contributed by atoms with van der Waals surface area (Å²) < 4.78 is 6.18. The minimum absolute atomic E-state index is 0.0662. The van der Waals surface area contributed by atoms with Crippen molar-refractivity contribution >= 4 is 50.3 Å². The highest BCUT2D eigenvalue weighted by Crippen LogP contribution is 2.24. The summed E-state index contributed by atoms with van der Waals surface area (Å²) >= 11 is 4.78. The monoisotopic (exact) mass is 405 g/mol. The highest BCUT2D eigenvalue weighted by atomic mass is 79.9. The first-order valence-corrected chi connectivity index (χ1v) is 9.05. The smallest absolute Gasteiger partial charge is 0.234 e. The van der Waals surface area contributed by atoms with Crippen molar-refractivity contribution in [1.29, 1.82) is 0 Å². The number of nitrogens with zero attached hydrogens (tertiary/aromatic N) is 1. The molecule has 0 aliphatic carbocycles. The van der Waals surface area contributed by atoms with E-state index < -0.39 is 0 Å². The number of methoxy groups -OCH3 is 1. The summed E-state index contributed by atoms with van der Waals surface area (Å²) in [6.07, 6.45) is 0. The minimum Gasteiger partial charge on any atom is -0.497 e. The van der Waals surface area contributed by atoms with Crippen LogP contribution in [-0.4, -0.2) is 28.7 Å². The lowest BCUT2D eigenvalue weighted by Gasteiger charge is -2.08. The molecule has 0 saturated carbocycles. The molecule has 2 N–H and O–H groups in total. The van der Waals surface area contributed by atoms with Gasteiger partial charge < -0.3 is 15.0 Å². The number of halogens is 1. The molecule has 7 heteroatoms. The van der Waals surface area contributed by atoms with Gasteiger partial charge in [-0.05, 0) is 42.8 Å². The van der Waals surface area contributed by atoms with Crippen LogP contribution in [0.25, 0.3) is 11.0 Å². The van der Waals surface area contributed by atoms with E-state index in [-0.39, 0.29) is 11.7 Å². The fraction of sp³-hybridized carbons (Fsp3) is 0.176. The number of aromatic amines is 1. The van der Waals surface area contributed by atoms with Crippen LogP contribution in [0.15, 0.2) is 46.0 Å². The Hall–Kier alpha value is -1.99. The van der Waals surface area contributed by atoms with Crippen molar-refractivity contribution in [2.45, 2.75) is 12.1 Å². The minimum atomic E-state index is -0.0662. The second kappa shape index (κ2) is 7.27. The van der Waals surface area contributed by atoms with E-state index in [0.29, 0.717) is 5.16 Å². The van der Waals surface area contributed by atoms with Crippen molar-refractivity contribution in [3.05, 3.63) is 46.4 Å². The number of benzene rings is 2. The molecule has 0 aliphatic heterocycles. The topological polar surface area (TPSA) is 67.0 Å². The van der Waals surface area contributed by atoms with E-state index in [0.717, 1.165) is 32.5 Å². The van der Waals surface area contributed by atoms with Crippen molar-refractivity contribution < 1.29 is 9.53 Å². The molecule has 1 aromatic heterocycles. The van der Waals surface area contributed by atoms with Crippen molar-refractivity contribution in [1.82, 2.24) is 9.97 Å². The number of carbonyl (C=O) groups is 1. The largest absolute Gasteiger partial charge is 0.497 e. The second-order valence-corrected chi connectivity index (χ2v) is 7.10. The average Bonchev–Trinajstić information content (AvgIpc) is 2.97. The Labute approximate surface area is 152 Å². The number of anilines is 1. The average molecular weight is 406 g/mol. The number of aromatic nitrogens is 2. The summed E-state index contributed by atoms with van der Waals surface area (Å²) in [4.78, 5) is 19.8. The Kier molecular flexibility index (Phi) is 5.11. The third-order valence-corrected chi connectivity index (χ3v) is 4.84. The molecule has 1 amide bonds. The van der Waals surface area contributed by atoms with E-state index in [2.05, 4.69) is 31.2 Å². The van der Waals surface area contributed by atoms with Gasteiger partial charge in [-0.15, -0.1) is 0 Å². The Bertz CT molecular complexity index is 895. The van der Waals surface area contributed by atoms with E-state index in [1.54, 1.807) is 7.11 Å². The lowest BCUT2D eigenvalue weighted by molar-refractivity contribution is -0.113. The summed E-state index contributed by atoms with van der Waals surface area (Å²) in [5.74, 6) is 0.988. The van der Waals surface area contributed by atoms with Crippen LogP contribution in [0.4, 0.5) is 5.69 Å². The van der Waals surface area contributed by atoms with Gasteiger partial charge in [0.25, 0.3) is 0 Å². The lowest BCUT2D eigenvalue weighted by Crippen LogP contribution is -2.14. The molecule has 3 aromatic rings. The number of ether oxygens (including phenoxy) is 1. The maximum Gasteiger partial charge on any atom is 0.234 e. The number of rotatable bonds is 5. The fourth-order valence-electron chi connectivity index (χ4n) is 2.25. The normalized spacial score (nSPS) is 10.8. The molecule has 0 radical (unpaired) electrons. The van der Waals surface area contributed by atoms with Crippen LogP contribution in [0, 0.1) is 6.92 Å². The van der Waals surface area contributed by atoms with Crippen molar-refractivity contribution in [3.63, 3.8) is 0 Å². The van der Waals surface area contributed by atoms with Crippen molar-refractivity contribution in [3.8, 4) is 5.75 Å². The second-order valence-electron chi connectivity index (χ2n) is 5.22. The van der Waals surface area contributed by atoms with Gasteiger partial charge in [-0.1, -0.05) is 27.7 Å². The Morgan fingerprint density at radius 3 is 2.92 bits per heavy atom. The van der Waals surface area contributed by atoms with Crippen LogP contribution in [0.5, 0.6) is 5.75 Å². The molecule has 24 heavy (non-hydrogen) atoms. The number of fused-ring (bicyclic) bond motifs is 1. The summed E-state index contributed by atoms with van der Waals surface area (Å²) in [5, 5.41) is 3.63. The van der Waals surface area contributed by atoms with Gasteiger partial charge in [-0.3, -0.25) is 4.79 Å². The van der Waals surface area contributed by atoms with E-state index in [1.807, 2.05) is 43.3 Å². The molecule has 0 unspecified atom stereocenters. The number of H-pyrrole nitrogens is 1. The summed E-state index contributed by atoms with van der Waals surface area (Å²) in [7, 11) is 1.63. The van der Waals surface area contributed by atoms with Crippen LogP contribution < -0.4 is 10.1 Å². The van der Waals surface area contributed by atoms with Gasteiger partial charge in [0.05, 0.1) is 23.9 Å². The van der Waals surface area contributed by atoms with Gasteiger partial charge in [0.15, 0.2) is 5.16 Å². The first-order valence-electron chi connectivity index (χ1n) is 7.28. The highest BCUT2D eigenvalue weighted by Gasteiger charge is 2.09. The molecule has 0 spiro atoms. The molecule has 0 bridgehead atoms. The Morgan fingerprint density at radius 2 is 2.17 bits per heavy atom. The summed E-state index contributed by atoms with van der Waals surface area (Å²) in [6.45, 7) is 1.96. The molecular weight excluding hydrogens is 390 g/mol. The van der Waals surface area contributed by atoms with E-state index in [4.69, 9.17) is 4.74 Å². The van der Waals surface area contributed by atoms with Gasteiger partial charge in [0, 0.05) is 16.2 Å². The van der Waals surface area contributed by atoms with Crippen LogP contribution in [0.2, 0.25) is 0 Å². The number of amides is 1. The molecule has 1 heterocycles. The highest BCUT2D eigenvalue weighted by molar-refractivity contribution is 9.10. The van der Waals surface area contributed by atoms with E-state index >= 15 is 0 Å².